The molecule has 15 unspecified atom stereocenters. The Bertz CT molecular complexity index is 1440. The number of hydrogen-bond donors (Lipinski definition) is 8. The Morgan fingerprint density at radius 1 is 1.05 bits per heavy atom. The van der Waals surface area contributed by atoms with E-state index in [0.717, 1.165) is 24.3 Å². The predicted octanol–water partition coefficient (Wildman–Crippen LogP) is 2.78. The van der Waals surface area contributed by atoms with Gasteiger partial charge in [-0.05, 0) is 93.9 Å². The van der Waals surface area contributed by atoms with E-state index in [2.05, 4.69) is 36.3 Å². The number of carbonyl (C=O) groups excluding carboxylic acids is 1. The smallest absolute Gasteiger partial charge is 0.335 e. The summed E-state index contributed by atoms with van der Waals surface area (Å²) >= 11 is 0. The normalized spacial score (nSPS) is 42.2. The van der Waals surface area contributed by atoms with Crippen LogP contribution in [0.2, 0.25) is 0 Å². The summed E-state index contributed by atoms with van der Waals surface area (Å²) in [6, 6.07) is 0. The average Bonchev–Trinajstić information content (AvgIpc) is 3.71. The lowest BCUT2D eigenvalue weighted by Crippen LogP contribution is -2.71. The first-order valence-electron chi connectivity index (χ1n) is 21.7. The van der Waals surface area contributed by atoms with Gasteiger partial charge >= 0.3 is 5.97 Å². The van der Waals surface area contributed by atoms with Crippen LogP contribution in [0, 0.1) is 48.0 Å². The minimum atomic E-state index is -2.24. The molecule has 3 saturated carbocycles. The van der Waals surface area contributed by atoms with E-state index in [-0.39, 0.29) is 36.6 Å². The number of aliphatic hydroxyl groups excluding tert-OH is 4. The van der Waals surface area contributed by atoms with Gasteiger partial charge in [0.25, 0.3) is 0 Å². The number of fused-ring (bicyclic) bond motifs is 1. The molecule has 14 heteroatoms. The molecular formula is C43H68N3O11+. The number of carbonyl (C=O) groups is 2. The van der Waals surface area contributed by atoms with E-state index in [1.165, 1.54) is 32.1 Å². The van der Waals surface area contributed by atoms with Gasteiger partial charge < -0.3 is 55.9 Å². The second-order valence-electron chi connectivity index (χ2n) is 18.0. The Kier molecular flexibility index (Phi) is 15.3. The zero-order valence-electron chi connectivity index (χ0n) is 33.7. The van der Waals surface area contributed by atoms with Crippen LogP contribution >= 0.6 is 0 Å². The molecule has 9 N–H and O–H groups in total. The van der Waals surface area contributed by atoms with Crippen LogP contribution in [0.4, 0.5) is 0 Å². The van der Waals surface area contributed by atoms with E-state index in [1.807, 2.05) is 12.3 Å². The van der Waals surface area contributed by atoms with Gasteiger partial charge in [-0.2, -0.15) is 0 Å². The highest BCUT2D eigenvalue weighted by Crippen LogP contribution is 2.46. The molecule has 6 rings (SSSR count). The first kappa shape index (κ1) is 44.2. The Morgan fingerprint density at radius 2 is 1.81 bits per heavy atom. The number of aliphatic hydroxyl groups is 5. The third-order valence-electron chi connectivity index (χ3n) is 14.4. The van der Waals surface area contributed by atoms with Crippen molar-refractivity contribution in [3.63, 3.8) is 0 Å². The van der Waals surface area contributed by atoms with Crippen molar-refractivity contribution >= 4 is 18.1 Å². The molecule has 2 saturated heterocycles. The standard InChI is InChI=1S/C43H67N3O11/c1-3-26-8-4-5-9-27(26)10-6-7-24(2)29(19-25-17-18-45-21-25)22-46-23-43(54)39(50)36(49)38(41(52)53)57-42(43)55-31-15-16-32-33(20-31)56-37(40(44)51)34(35(32)48)28-11-13-30(47)14-12-28/h6,10,17-18,21,24,26-39,42,46-50,54H,3-5,7-9,11-16,19-20,22-23H2,1-2H3,(H2-,44,51,52,53)/p+1. The van der Waals surface area contributed by atoms with Gasteiger partial charge in [-0.25, -0.2) is 4.79 Å². The summed E-state index contributed by atoms with van der Waals surface area (Å²) in [4.78, 5) is 29.1. The van der Waals surface area contributed by atoms with Crippen LogP contribution in [0.1, 0.15) is 104 Å². The SMILES string of the molecule is CCC1CCCCC1C=CCC(C)C(CNCC1(O)C(OC2CCC3C(C2)OC(C(N)=O)C(C2CCC(O)CC2)C3O)OC(C(=O)O)C(O)C1O)CC1=C[CH+]N=C1. The van der Waals surface area contributed by atoms with Crippen LogP contribution in [0.15, 0.2) is 28.8 Å². The van der Waals surface area contributed by atoms with Crippen molar-refractivity contribution in [2.24, 2.45) is 52.2 Å². The fourth-order valence-corrected chi connectivity index (χ4v) is 10.8. The molecule has 0 bridgehead atoms. The summed E-state index contributed by atoms with van der Waals surface area (Å²) < 4.78 is 18.4. The van der Waals surface area contributed by atoms with Crippen molar-refractivity contribution in [1.82, 2.24) is 5.32 Å². The minimum Gasteiger partial charge on any atom is -0.479 e. The number of nitrogens with zero attached hydrogens (tertiary/aromatic N) is 1. The maximum absolute atomic E-state index is 12.7. The molecule has 0 radical (unpaired) electrons. The number of carboxylic acids is 1. The van der Waals surface area contributed by atoms with Crippen molar-refractivity contribution in [1.29, 1.82) is 0 Å². The lowest BCUT2D eigenvalue weighted by Gasteiger charge is -2.52. The Labute approximate surface area is 337 Å². The highest BCUT2D eigenvalue weighted by atomic mass is 16.7. The third-order valence-corrected chi connectivity index (χ3v) is 14.4. The molecule has 15 atom stereocenters. The molecule has 3 aliphatic carbocycles. The molecular weight excluding hydrogens is 734 g/mol. The molecule has 0 spiro atoms. The molecule has 5 fully saturated rings. The third kappa shape index (κ3) is 10.3. The number of amides is 1. The zero-order chi connectivity index (χ0) is 40.9. The van der Waals surface area contributed by atoms with Gasteiger partial charge in [-0.15, -0.1) is 4.99 Å². The van der Waals surface area contributed by atoms with Crippen LogP contribution in [0.25, 0.3) is 0 Å². The molecule has 6 aliphatic rings. The number of allylic oxidation sites excluding steroid dienone is 3. The summed E-state index contributed by atoms with van der Waals surface area (Å²) in [5.74, 6) is -1.32. The molecule has 1 amide bonds. The molecule has 3 aliphatic heterocycles. The number of primary amides is 1. The van der Waals surface area contributed by atoms with Crippen molar-refractivity contribution in [3.8, 4) is 0 Å². The highest BCUT2D eigenvalue weighted by molar-refractivity contribution is 5.82. The fourth-order valence-electron chi connectivity index (χ4n) is 10.8. The number of nitrogens with one attached hydrogen (secondary N) is 1. The Hall–Kier alpha value is -2.40. The van der Waals surface area contributed by atoms with Gasteiger partial charge in [0.1, 0.15) is 30.4 Å². The zero-order valence-corrected chi connectivity index (χ0v) is 33.7. The van der Waals surface area contributed by atoms with E-state index in [0.29, 0.717) is 51.0 Å². The van der Waals surface area contributed by atoms with Gasteiger partial charge in [-0.1, -0.05) is 45.3 Å². The second-order valence-corrected chi connectivity index (χ2v) is 18.0. The quantitative estimate of drug-likeness (QED) is 0.0832. The molecule has 3 heterocycles. The number of aliphatic imine (C=N–C) groups is 1. The number of aliphatic carboxylic acids is 1. The van der Waals surface area contributed by atoms with Crippen molar-refractivity contribution in [2.45, 2.75) is 164 Å². The summed E-state index contributed by atoms with van der Waals surface area (Å²) in [5.41, 5.74) is 4.67. The predicted molar refractivity (Wildman–Crippen MR) is 211 cm³/mol. The molecule has 57 heavy (non-hydrogen) atoms. The van der Waals surface area contributed by atoms with Crippen molar-refractivity contribution < 1.29 is 54.4 Å². The first-order chi connectivity index (χ1) is 27.3. The summed E-state index contributed by atoms with van der Waals surface area (Å²) in [7, 11) is 0. The van der Waals surface area contributed by atoms with E-state index in [9.17, 15) is 40.2 Å². The van der Waals surface area contributed by atoms with Crippen LogP contribution in [-0.4, -0.2) is 123 Å². The second kappa shape index (κ2) is 19.8. The van der Waals surface area contributed by atoms with Crippen molar-refractivity contribution in [2.75, 3.05) is 13.1 Å². The first-order valence-corrected chi connectivity index (χ1v) is 21.7. The van der Waals surface area contributed by atoms with Crippen LogP contribution in [0.3, 0.4) is 0 Å². The summed E-state index contributed by atoms with van der Waals surface area (Å²) in [5, 5.41) is 69.3. The van der Waals surface area contributed by atoms with Gasteiger partial charge in [0.15, 0.2) is 24.2 Å². The largest absolute Gasteiger partial charge is 0.479 e. The Morgan fingerprint density at radius 3 is 2.49 bits per heavy atom. The van der Waals surface area contributed by atoms with Gasteiger partial charge in [0.05, 0.1) is 30.5 Å². The van der Waals surface area contributed by atoms with E-state index >= 15 is 0 Å². The number of rotatable bonds is 16. The van der Waals surface area contributed by atoms with Gasteiger partial charge in [-0.3, -0.25) is 4.79 Å². The number of ether oxygens (including phenoxy) is 3. The van der Waals surface area contributed by atoms with E-state index < -0.39 is 78.5 Å². The van der Waals surface area contributed by atoms with Gasteiger partial charge in [0, 0.05) is 31.2 Å². The van der Waals surface area contributed by atoms with Gasteiger partial charge in [0.2, 0.25) is 5.91 Å². The lowest BCUT2D eigenvalue weighted by atomic mass is 9.66. The number of nitrogens with two attached hydrogens (primary N) is 1. The topological polar surface area (TPSA) is 234 Å². The maximum atomic E-state index is 12.7. The fraction of sp³-hybridized carbons (Fsp3) is 0.814. The van der Waals surface area contributed by atoms with Crippen LogP contribution in [0.5, 0.6) is 0 Å². The maximum Gasteiger partial charge on any atom is 0.335 e. The lowest BCUT2D eigenvalue weighted by molar-refractivity contribution is -0.346. The average molecular weight is 803 g/mol. The Balaban J connectivity index is 1.12. The molecule has 14 nitrogen and oxygen atoms in total. The van der Waals surface area contributed by atoms with Crippen LogP contribution < -0.4 is 11.1 Å². The number of hydrogen-bond acceptors (Lipinski definition) is 12. The monoisotopic (exact) mass is 802 g/mol. The number of carboxylic acid groups (broad SMARTS) is 1. The summed E-state index contributed by atoms with van der Waals surface area (Å²) in [6.45, 7) is 6.42. The molecule has 0 aromatic heterocycles. The van der Waals surface area contributed by atoms with E-state index in [4.69, 9.17) is 19.9 Å². The highest BCUT2D eigenvalue weighted by Gasteiger charge is 2.59. The molecule has 320 valence electrons. The molecule has 0 aromatic rings. The van der Waals surface area contributed by atoms with E-state index in [1.54, 1.807) is 6.54 Å². The van der Waals surface area contributed by atoms with Crippen molar-refractivity contribution in [3.05, 3.63) is 30.3 Å². The minimum absolute atomic E-state index is 0.0228. The van der Waals surface area contributed by atoms with Crippen LogP contribution in [-0.2, 0) is 23.8 Å². The molecule has 0 aromatic carbocycles. The summed E-state index contributed by atoms with van der Waals surface area (Å²) in [6.07, 6.45) is 9.03.